The van der Waals surface area contributed by atoms with Crippen molar-refractivity contribution in [1.82, 2.24) is 4.90 Å². The Bertz CT molecular complexity index is 421. The van der Waals surface area contributed by atoms with Crippen LogP contribution in [0.25, 0.3) is 0 Å². The quantitative estimate of drug-likeness (QED) is 0.885. The Balaban J connectivity index is 1.64. The van der Waals surface area contributed by atoms with Crippen molar-refractivity contribution in [3.05, 3.63) is 29.8 Å². The van der Waals surface area contributed by atoms with Gasteiger partial charge in [-0.15, -0.1) is 0 Å². The average molecular weight is 246 g/mol. The first-order valence-corrected chi connectivity index (χ1v) is 6.87. The Kier molecular flexibility index (Phi) is 3.27. The van der Waals surface area contributed by atoms with Crippen LogP contribution >= 0.6 is 0 Å². The molecule has 18 heavy (non-hydrogen) atoms. The van der Waals surface area contributed by atoms with Crippen molar-refractivity contribution in [1.29, 1.82) is 0 Å². The lowest BCUT2D eigenvalue weighted by Crippen LogP contribution is -2.30. The summed E-state index contributed by atoms with van der Waals surface area (Å²) < 4.78 is 5.27. The van der Waals surface area contributed by atoms with Gasteiger partial charge >= 0.3 is 0 Å². The Morgan fingerprint density at radius 2 is 2.22 bits per heavy atom. The predicted octanol–water partition coefficient (Wildman–Crippen LogP) is 1.86. The molecule has 2 aliphatic rings. The molecule has 2 fully saturated rings. The lowest BCUT2D eigenvalue weighted by atomic mass is 9.98. The fraction of sp³-hybridized carbons (Fsp3) is 0.600. The van der Waals surface area contributed by atoms with Gasteiger partial charge in [-0.2, -0.15) is 0 Å². The number of rotatable bonds is 3. The number of hydrogen-bond acceptors (Lipinski definition) is 3. The molecular formula is C15H22N2O. The van der Waals surface area contributed by atoms with Crippen LogP contribution < -0.4 is 10.5 Å². The van der Waals surface area contributed by atoms with Crippen LogP contribution in [0.1, 0.15) is 18.4 Å². The summed E-state index contributed by atoms with van der Waals surface area (Å²) in [5, 5.41) is 0. The van der Waals surface area contributed by atoms with E-state index in [1.165, 1.54) is 31.5 Å². The number of ether oxygens (including phenoxy) is 1. The minimum absolute atomic E-state index is 0.435. The maximum Gasteiger partial charge on any atom is 0.119 e. The lowest BCUT2D eigenvalue weighted by Gasteiger charge is -2.18. The van der Waals surface area contributed by atoms with E-state index >= 15 is 0 Å². The number of nitrogens with two attached hydrogens (primary N) is 1. The second kappa shape index (κ2) is 4.90. The molecule has 1 heterocycles. The normalized spacial score (nSPS) is 31.6. The lowest BCUT2D eigenvalue weighted by molar-refractivity contribution is 0.297. The molecule has 0 spiro atoms. The SMILES string of the molecule is COc1cccc(CN2CC3CCC(N)C3C2)c1. The van der Waals surface area contributed by atoms with Gasteiger partial charge < -0.3 is 10.5 Å². The van der Waals surface area contributed by atoms with E-state index in [2.05, 4.69) is 23.1 Å². The highest BCUT2D eigenvalue weighted by molar-refractivity contribution is 5.28. The number of fused-ring (bicyclic) bond motifs is 1. The Labute approximate surface area is 109 Å². The van der Waals surface area contributed by atoms with Gasteiger partial charge in [0.25, 0.3) is 0 Å². The molecule has 3 atom stereocenters. The molecule has 0 aromatic heterocycles. The van der Waals surface area contributed by atoms with Gasteiger partial charge in [0.1, 0.15) is 5.75 Å². The van der Waals surface area contributed by atoms with Gasteiger partial charge in [-0.3, -0.25) is 4.90 Å². The summed E-state index contributed by atoms with van der Waals surface area (Å²) in [6.45, 7) is 3.41. The molecule has 0 radical (unpaired) electrons. The smallest absolute Gasteiger partial charge is 0.119 e. The number of hydrogen-bond donors (Lipinski definition) is 1. The van der Waals surface area contributed by atoms with E-state index < -0.39 is 0 Å². The highest BCUT2D eigenvalue weighted by atomic mass is 16.5. The molecule has 1 aromatic rings. The molecule has 1 aliphatic heterocycles. The Morgan fingerprint density at radius 1 is 1.33 bits per heavy atom. The number of benzene rings is 1. The maximum atomic E-state index is 6.17. The molecule has 0 bridgehead atoms. The minimum atomic E-state index is 0.435. The Hall–Kier alpha value is -1.06. The zero-order chi connectivity index (χ0) is 12.5. The van der Waals surface area contributed by atoms with E-state index in [4.69, 9.17) is 10.5 Å². The summed E-state index contributed by atoms with van der Waals surface area (Å²) in [7, 11) is 1.72. The average Bonchev–Trinajstić information content (AvgIpc) is 2.92. The standard InChI is InChI=1S/C15H22N2O/c1-18-13-4-2-3-11(7-13)8-17-9-12-5-6-15(16)14(12)10-17/h2-4,7,12,14-15H,5-6,8-10,16H2,1H3. The van der Waals surface area contributed by atoms with Crippen LogP contribution in [-0.2, 0) is 6.54 Å². The van der Waals surface area contributed by atoms with Gasteiger partial charge in [0, 0.05) is 25.7 Å². The van der Waals surface area contributed by atoms with Crippen molar-refractivity contribution in [3.63, 3.8) is 0 Å². The zero-order valence-electron chi connectivity index (χ0n) is 11.0. The van der Waals surface area contributed by atoms with Crippen molar-refractivity contribution in [2.75, 3.05) is 20.2 Å². The second-order valence-electron chi connectivity index (χ2n) is 5.71. The fourth-order valence-corrected chi connectivity index (χ4v) is 3.56. The molecule has 2 N–H and O–H groups in total. The molecule has 3 nitrogen and oxygen atoms in total. The summed E-state index contributed by atoms with van der Waals surface area (Å²) in [5.41, 5.74) is 7.51. The highest BCUT2D eigenvalue weighted by Crippen LogP contribution is 2.37. The largest absolute Gasteiger partial charge is 0.497 e. The van der Waals surface area contributed by atoms with Crippen LogP contribution in [0.5, 0.6) is 5.75 Å². The first kappa shape index (κ1) is 12.0. The molecule has 3 rings (SSSR count). The summed E-state index contributed by atoms with van der Waals surface area (Å²) in [6, 6.07) is 8.81. The summed E-state index contributed by atoms with van der Waals surface area (Å²) in [6.07, 6.45) is 2.54. The maximum absolute atomic E-state index is 6.17. The number of likely N-dealkylation sites (tertiary alicyclic amines) is 1. The van der Waals surface area contributed by atoms with Crippen molar-refractivity contribution in [2.24, 2.45) is 17.6 Å². The summed E-state index contributed by atoms with van der Waals surface area (Å²) >= 11 is 0. The third-order valence-electron chi connectivity index (χ3n) is 4.53. The molecule has 1 aromatic carbocycles. The van der Waals surface area contributed by atoms with Crippen LogP contribution in [0.2, 0.25) is 0 Å². The molecule has 1 saturated carbocycles. The van der Waals surface area contributed by atoms with Gasteiger partial charge in [-0.25, -0.2) is 0 Å². The minimum Gasteiger partial charge on any atom is -0.497 e. The molecular weight excluding hydrogens is 224 g/mol. The molecule has 3 heteroatoms. The van der Waals surface area contributed by atoms with E-state index in [-0.39, 0.29) is 0 Å². The van der Waals surface area contributed by atoms with E-state index in [9.17, 15) is 0 Å². The third kappa shape index (κ3) is 2.25. The first-order valence-electron chi connectivity index (χ1n) is 6.87. The van der Waals surface area contributed by atoms with E-state index in [1.807, 2.05) is 6.07 Å². The predicted molar refractivity (Wildman–Crippen MR) is 72.5 cm³/mol. The van der Waals surface area contributed by atoms with Crippen LogP contribution in [-0.4, -0.2) is 31.1 Å². The monoisotopic (exact) mass is 246 g/mol. The van der Waals surface area contributed by atoms with Crippen molar-refractivity contribution in [3.8, 4) is 5.75 Å². The fourth-order valence-electron chi connectivity index (χ4n) is 3.56. The summed E-state index contributed by atoms with van der Waals surface area (Å²) in [4.78, 5) is 2.54. The topological polar surface area (TPSA) is 38.5 Å². The summed E-state index contributed by atoms with van der Waals surface area (Å²) in [5.74, 6) is 2.52. The van der Waals surface area contributed by atoms with E-state index in [0.717, 1.165) is 24.1 Å². The van der Waals surface area contributed by atoms with Crippen LogP contribution in [0.15, 0.2) is 24.3 Å². The zero-order valence-corrected chi connectivity index (χ0v) is 11.0. The molecule has 0 amide bonds. The van der Waals surface area contributed by atoms with Crippen molar-refractivity contribution >= 4 is 0 Å². The van der Waals surface area contributed by atoms with Gasteiger partial charge in [0.15, 0.2) is 0 Å². The molecule has 1 aliphatic carbocycles. The van der Waals surface area contributed by atoms with Gasteiger partial charge in [-0.05, 0) is 42.4 Å². The number of methoxy groups -OCH3 is 1. The van der Waals surface area contributed by atoms with Crippen molar-refractivity contribution in [2.45, 2.75) is 25.4 Å². The highest BCUT2D eigenvalue weighted by Gasteiger charge is 2.40. The van der Waals surface area contributed by atoms with Gasteiger partial charge in [0.2, 0.25) is 0 Å². The van der Waals surface area contributed by atoms with Crippen LogP contribution in [0.3, 0.4) is 0 Å². The Morgan fingerprint density at radius 3 is 3.00 bits per heavy atom. The van der Waals surface area contributed by atoms with E-state index in [1.54, 1.807) is 7.11 Å². The van der Waals surface area contributed by atoms with E-state index in [0.29, 0.717) is 6.04 Å². The first-order chi connectivity index (χ1) is 8.76. The second-order valence-corrected chi connectivity index (χ2v) is 5.71. The van der Waals surface area contributed by atoms with Crippen LogP contribution in [0.4, 0.5) is 0 Å². The molecule has 1 saturated heterocycles. The molecule has 3 unspecified atom stereocenters. The number of nitrogens with zero attached hydrogens (tertiary/aromatic N) is 1. The molecule has 98 valence electrons. The third-order valence-corrected chi connectivity index (χ3v) is 4.53. The van der Waals surface area contributed by atoms with Crippen molar-refractivity contribution < 1.29 is 4.74 Å². The van der Waals surface area contributed by atoms with Gasteiger partial charge in [-0.1, -0.05) is 12.1 Å². The van der Waals surface area contributed by atoms with Crippen LogP contribution in [0, 0.1) is 11.8 Å². The van der Waals surface area contributed by atoms with Gasteiger partial charge in [0.05, 0.1) is 7.11 Å².